The lowest BCUT2D eigenvalue weighted by Gasteiger charge is -2.51. The summed E-state index contributed by atoms with van der Waals surface area (Å²) in [7, 11) is 0. The van der Waals surface area contributed by atoms with Gasteiger partial charge in [-0.25, -0.2) is 0 Å². The minimum Gasteiger partial charge on any atom is -0.303 e. The van der Waals surface area contributed by atoms with Crippen LogP contribution in [0.5, 0.6) is 0 Å². The van der Waals surface area contributed by atoms with Gasteiger partial charge < -0.3 is 4.90 Å². The van der Waals surface area contributed by atoms with Crippen molar-refractivity contribution in [1.29, 1.82) is 0 Å². The number of fused-ring (bicyclic) bond motifs is 1. The van der Waals surface area contributed by atoms with Gasteiger partial charge in [0.1, 0.15) is 0 Å². The molecule has 0 radical (unpaired) electrons. The minimum absolute atomic E-state index is 0. The van der Waals surface area contributed by atoms with Crippen LogP contribution in [0.1, 0.15) is 64.7 Å². The number of nitrogens with zero attached hydrogens (tertiary/aromatic N) is 1. The number of hydrogen-bond donors (Lipinski definition) is 0. The minimum atomic E-state index is 0. The zero-order chi connectivity index (χ0) is 12.9. The molecular formula is C18H32ClN. The van der Waals surface area contributed by atoms with Gasteiger partial charge in [0.2, 0.25) is 0 Å². The Labute approximate surface area is 131 Å². The lowest BCUT2D eigenvalue weighted by molar-refractivity contribution is -0.00374. The Hall–Kier alpha value is 0.250. The normalized spacial score (nSPS) is 45.1. The molecule has 4 aliphatic carbocycles. The first kappa shape index (κ1) is 15.2. The van der Waals surface area contributed by atoms with Gasteiger partial charge in [0.25, 0.3) is 0 Å². The molecule has 1 aliphatic heterocycles. The van der Waals surface area contributed by atoms with E-state index in [0.717, 1.165) is 29.1 Å². The summed E-state index contributed by atoms with van der Waals surface area (Å²) < 4.78 is 0. The largest absolute Gasteiger partial charge is 0.303 e. The fraction of sp³-hybridized carbons (Fsp3) is 1.00. The van der Waals surface area contributed by atoms with Crippen LogP contribution >= 0.6 is 12.4 Å². The lowest BCUT2D eigenvalue weighted by Crippen LogP contribution is -2.47. The van der Waals surface area contributed by atoms with Crippen molar-refractivity contribution >= 4 is 12.4 Å². The van der Waals surface area contributed by atoms with Crippen molar-refractivity contribution in [3.63, 3.8) is 0 Å². The summed E-state index contributed by atoms with van der Waals surface area (Å²) in [5, 5.41) is 0. The van der Waals surface area contributed by atoms with Gasteiger partial charge >= 0.3 is 0 Å². The molecule has 0 spiro atoms. The van der Waals surface area contributed by atoms with Crippen molar-refractivity contribution in [3.8, 4) is 0 Å². The SMILES string of the molecule is CC1CCN(CC23CC4CCC(CC(C4)C2)C3)CC1.Cl. The Morgan fingerprint density at radius 1 is 0.850 bits per heavy atom. The van der Waals surface area contributed by atoms with E-state index in [4.69, 9.17) is 0 Å². The molecule has 0 amide bonds. The first-order chi connectivity index (χ1) is 9.21. The quantitative estimate of drug-likeness (QED) is 0.711. The van der Waals surface area contributed by atoms with Crippen LogP contribution in [-0.4, -0.2) is 24.5 Å². The summed E-state index contributed by atoms with van der Waals surface area (Å²) >= 11 is 0. The molecule has 20 heavy (non-hydrogen) atoms. The van der Waals surface area contributed by atoms with E-state index in [1.807, 2.05) is 0 Å². The summed E-state index contributed by atoms with van der Waals surface area (Å²) in [4.78, 5) is 2.84. The lowest BCUT2D eigenvalue weighted by atomic mass is 9.58. The first-order valence-electron chi connectivity index (χ1n) is 8.93. The highest BCUT2D eigenvalue weighted by Crippen LogP contribution is 2.58. The molecule has 2 atom stereocenters. The highest BCUT2D eigenvalue weighted by Gasteiger charge is 2.48. The Morgan fingerprint density at radius 3 is 2.00 bits per heavy atom. The topological polar surface area (TPSA) is 3.24 Å². The molecule has 5 rings (SSSR count). The molecule has 1 heterocycles. The Bertz CT molecular complexity index is 318. The molecule has 2 heteroatoms. The Morgan fingerprint density at radius 2 is 1.40 bits per heavy atom. The average Bonchev–Trinajstić information content (AvgIpc) is 2.58. The van der Waals surface area contributed by atoms with Gasteiger partial charge in [0.05, 0.1) is 0 Å². The highest BCUT2D eigenvalue weighted by atomic mass is 35.5. The third-order valence-corrected chi connectivity index (χ3v) is 6.92. The number of rotatable bonds is 2. The van der Waals surface area contributed by atoms with E-state index >= 15 is 0 Å². The van der Waals surface area contributed by atoms with Gasteiger partial charge in [-0.05, 0) is 87.1 Å². The van der Waals surface area contributed by atoms with Crippen LogP contribution in [0.2, 0.25) is 0 Å². The predicted molar refractivity (Wildman–Crippen MR) is 87.3 cm³/mol. The second-order valence-electron chi connectivity index (χ2n) is 8.72. The summed E-state index contributed by atoms with van der Waals surface area (Å²) in [6, 6.07) is 0. The monoisotopic (exact) mass is 297 g/mol. The van der Waals surface area contributed by atoms with Gasteiger partial charge in [-0.2, -0.15) is 0 Å². The number of likely N-dealkylation sites (tertiary alicyclic amines) is 1. The summed E-state index contributed by atoms with van der Waals surface area (Å²) in [6.45, 7) is 6.68. The molecular weight excluding hydrogens is 266 g/mol. The van der Waals surface area contributed by atoms with E-state index in [0.29, 0.717) is 0 Å². The van der Waals surface area contributed by atoms with Crippen LogP contribution in [0.15, 0.2) is 0 Å². The number of piperidine rings is 1. The first-order valence-corrected chi connectivity index (χ1v) is 8.93. The van der Waals surface area contributed by atoms with E-state index in [-0.39, 0.29) is 12.4 Å². The standard InChI is InChI=1S/C18H31N.ClH/c1-14-4-6-19(7-5-14)13-18-10-15-2-3-16(11-18)9-17(8-15)12-18;/h14-17H,2-13H2,1H3;1H. The second-order valence-corrected chi connectivity index (χ2v) is 8.72. The molecule has 5 aliphatic rings. The molecule has 0 aromatic rings. The van der Waals surface area contributed by atoms with Crippen molar-refractivity contribution in [2.45, 2.75) is 64.7 Å². The second kappa shape index (κ2) is 5.80. The predicted octanol–water partition coefficient (Wildman–Crippen LogP) is 4.75. The van der Waals surface area contributed by atoms with Crippen LogP contribution in [0, 0.1) is 29.1 Å². The molecule has 4 bridgehead atoms. The molecule has 1 nitrogen and oxygen atoms in total. The van der Waals surface area contributed by atoms with E-state index in [9.17, 15) is 0 Å². The summed E-state index contributed by atoms with van der Waals surface area (Å²) in [5.74, 6) is 4.31. The van der Waals surface area contributed by atoms with Gasteiger partial charge in [-0.15, -0.1) is 12.4 Å². The van der Waals surface area contributed by atoms with E-state index in [2.05, 4.69) is 11.8 Å². The van der Waals surface area contributed by atoms with Gasteiger partial charge in [-0.3, -0.25) is 0 Å². The maximum atomic E-state index is 2.84. The third-order valence-electron chi connectivity index (χ3n) is 6.92. The van der Waals surface area contributed by atoms with Crippen LogP contribution in [0.3, 0.4) is 0 Å². The van der Waals surface area contributed by atoms with Crippen molar-refractivity contribution in [1.82, 2.24) is 4.90 Å². The van der Waals surface area contributed by atoms with Crippen molar-refractivity contribution in [2.24, 2.45) is 29.1 Å². The maximum Gasteiger partial charge on any atom is 0.00383 e. The molecule has 4 saturated carbocycles. The van der Waals surface area contributed by atoms with Crippen molar-refractivity contribution in [3.05, 3.63) is 0 Å². The van der Waals surface area contributed by atoms with E-state index in [1.54, 1.807) is 44.9 Å². The van der Waals surface area contributed by atoms with Crippen LogP contribution in [-0.2, 0) is 0 Å². The molecule has 2 unspecified atom stereocenters. The van der Waals surface area contributed by atoms with Crippen molar-refractivity contribution < 1.29 is 0 Å². The average molecular weight is 298 g/mol. The van der Waals surface area contributed by atoms with Crippen LogP contribution in [0.25, 0.3) is 0 Å². The molecule has 116 valence electrons. The molecule has 0 aromatic carbocycles. The van der Waals surface area contributed by atoms with Crippen molar-refractivity contribution in [2.75, 3.05) is 19.6 Å². The zero-order valence-electron chi connectivity index (χ0n) is 13.2. The Balaban J connectivity index is 0.00000121. The molecule has 5 fully saturated rings. The van der Waals surface area contributed by atoms with Crippen LogP contribution in [0.4, 0.5) is 0 Å². The fourth-order valence-corrected chi connectivity index (χ4v) is 6.26. The van der Waals surface area contributed by atoms with E-state index < -0.39 is 0 Å². The number of hydrogen-bond acceptors (Lipinski definition) is 1. The van der Waals surface area contributed by atoms with Gasteiger partial charge in [0.15, 0.2) is 0 Å². The fourth-order valence-electron chi connectivity index (χ4n) is 6.26. The smallest absolute Gasteiger partial charge is 0.00383 e. The summed E-state index contributed by atoms with van der Waals surface area (Å²) in [6.07, 6.45) is 14.0. The summed E-state index contributed by atoms with van der Waals surface area (Å²) in [5.41, 5.74) is 0.758. The van der Waals surface area contributed by atoms with Gasteiger partial charge in [0, 0.05) is 6.54 Å². The maximum absolute atomic E-state index is 2.84. The zero-order valence-corrected chi connectivity index (χ0v) is 14.0. The Kier molecular flexibility index (Phi) is 4.40. The third kappa shape index (κ3) is 2.90. The van der Waals surface area contributed by atoms with Gasteiger partial charge in [-0.1, -0.05) is 19.8 Å². The highest BCUT2D eigenvalue weighted by molar-refractivity contribution is 5.85. The molecule has 0 aromatic heterocycles. The van der Waals surface area contributed by atoms with E-state index in [1.165, 1.54) is 32.5 Å². The number of halogens is 1. The molecule has 1 saturated heterocycles. The van der Waals surface area contributed by atoms with Crippen LogP contribution < -0.4 is 0 Å². The molecule has 0 N–H and O–H groups in total.